The first-order valence-electron chi connectivity index (χ1n) is 9.17. The van der Waals surface area contributed by atoms with Gasteiger partial charge in [-0.1, -0.05) is 42.1 Å². The molecule has 30 heavy (non-hydrogen) atoms. The molecule has 3 aromatic carbocycles. The number of carbonyl (C=O) groups is 1. The lowest BCUT2D eigenvalue weighted by Crippen LogP contribution is -2.14. The smallest absolute Gasteiger partial charge is 0.234 e. The van der Waals surface area contributed by atoms with E-state index in [1.165, 1.54) is 23.9 Å². The minimum atomic E-state index is -3.27. The summed E-state index contributed by atoms with van der Waals surface area (Å²) < 4.78 is 25.1. The Bertz CT molecular complexity index is 1300. The number of imidazole rings is 1. The van der Waals surface area contributed by atoms with Crippen molar-refractivity contribution in [3.05, 3.63) is 78.9 Å². The zero-order valence-corrected chi connectivity index (χ0v) is 17.8. The summed E-state index contributed by atoms with van der Waals surface area (Å²) >= 11 is 1.35. The molecule has 0 bridgehead atoms. The van der Waals surface area contributed by atoms with Gasteiger partial charge in [0, 0.05) is 17.6 Å². The number of rotatable bonds is 6. The number of hydrogen-bond donors (Lipinski definition) is 1. The SMILES string of the molecule is CS(=O)(=O)c1ccc(NC(=O)CSc2nc3ccccc3n2-c2ccccc2)cc1. The van der Waals surface area contributed by atoms with Crippen molar-refractivity contribution in [1.29, 1.82) is 0 Å². The summed E-state index contributed by atoms with van der Waals surface area (Å²) in [6, 6.07) is 23.9. The van der Waals surface area contributed by atoms with E-state index in [1.54, 1.807) is 12.1 Å². The fourth-order valence-corrected chi connectivity index (χ4v) is 4.50. The number of amides is 1. The molecule has 0 aliphatic heterocycles. The molecule has 1 aromatic heterocycles. The maximum absolute atomic E-state index is 12.4. The van der Waals surface area contributed by atoms with Crippen LogP contribution in [0.3, 0.4) is 0 Å². The van der Waals surface area contributed by atoms with Crippen molar-refractivity contribution in [2.24, 2.45) is 0 Å². The molecular weight excluding hydrogens is 418 g/mol. The second kappa shape index (κ2) is 8.33. The van der Waals surface area contributed by atoms with Crippen LogP contribution in [0, 0.1) is 0 Å². The van der Waals surface area contributed by atoms with Crippen molar-refractivity contribution >= 4 is 44.2 Å². The van der Waals surface area contributed by atoms with E-state index in [0.717, 1.165) is 28.1 Å². The van der Waals surface area contributed by atoms with E-state index >= 15 is 0 Å². The van der Waals surface area contributed by atoms with Crippen LogP contribution >= 0.6 is 11.8 Å². The van der Waals surface area contributed by atoms with Gasteiger partial charge in [-0.25, -0.2) is 13.4 Å². The number of hydrogen-bond acceptors (Lipinski definition) is 5. The lowest BCUT2D eigenvalue weighted by atomic mass is 10.3. The number of benzene rings is 3. The first-order chi connectivity index (χ1) is 14.4. The Morgan fingerprint density at radius 1 is 0.967 bits per heavy atom. The third kappa shape index (κ3) is 4.39. The number of fused-ring (bicyclic) bond motifs is 1. The largest absolute Gasteiger partial charge is 0.325 e. The Labute approximate surface area is 178 Å². The van der Waals surface area contributed by atoms with Gasteiger partial charge in [0.2, 0.25) is 5.91 Å². The van der Waals surface area contributed by atoms with E-state index < -0.39 is 9.84 Å². The van der Waals surface area contributed by atoms with Crippen LogP contribution in [0.15, 0.2) is 88.9 Å². The normalized spacial score (nSPS) is 11.5. The molecule has 4 aromatic rings. The highest BCUT2D eigenvalue weighted by Gasteiger charge is 2.14. The van der Waals surface area contributed by atoms with E-state index in [1.807, 2.05) is 59.2 Å². The van der Waals surface area contributed by atoms with Crippen LogP contribution < -0.4 is 5.32 Å². The number of carbonyl (C=O) groups excluding carboxylic acids is 1. The monoisotopic (exact) mass is 437 g/mol. The molecule has 1 amide bonds. The molecule has 6 nitrogen and oxygen atoms in total. The summed E-state index contributed by atoms with van der Waals surface area (Å²) in [6.45, 7) is 0. The molecule has 8 heteroatoms. The van der Waals surface area contributed by atoms with Crippen molar-refractivity contribution < 1.29 is 13.2 Å². The maximum atomic E-state index is 12.4. The second-order valence-electron chi connectivity index (χ2n) is 6.69. The number of thioether (sulfide) groups is 1. The van der Waals surface area contributed by atoms with Crippen molar-refractivity contribution in [3.63, 3.8) is 0 Å². The Morgan fingerprint density at radius 3 is 2.33 bits per heavy atom. The molecule has 0 fully saturated rings. The third-order valence-electron chi connectivity index (χ3n) is 4.44. The Kier molecular flexibility index (Phi) is 5.61. The van der Waals surface area contributed by atoms with Gasteiger partial charge in [-0.15, -0.1) is 0 Å². The highest BCUT2D eigenvalue weighted by atomic mass is 32.2. The highest BCUT2D eigenvalue weighted by molar-refractivity contribution is 7.99. The minimum absolute atomic E-state index is 0.171. The quantitative estimate of drug-likeness (QED) is 0.458. The van der Waals surface area contributed by atoms with Crippen LogP contribution in [-0.4, -0.2) is 35.9 Å². The lowest BCUT2D eigenvalue weighted by Gasteiger charge is -2.09. The van der Waals surface area contributed by atoms with E-state index in [4.69, 9.17) is 0 Å². The molecule has 152 valence electrons. The average molecular weight is 438 g/mol. The van der Waals surface area contributed by atoms with E-state index in [9.17, 15) is 13.2 Å². The van der Waals surface area contributed by atoms with Crippen LogP contribution in [0.5, 0.6) is 0 Å². The van der Waals surface area contributed by atoms with Crippen molar-refractivity contribution in [2.75, 3.05) is 17.3 Å². The molecule has 0 radical (unpaired) electrons. The van der Waals surface area contributed by atoms with Crippen molar-refractivity contribution in [3.8, 4) is 5.69 Å². The topological polar surface area (TPSA) is 81.1 Å². The maximum Gasteiger partial charge on any atom is 0.234 e. The van der Waals surface area contributed by atoms with Gasteiger partial charge in [-0.2, -0.15) is 0 Å². The number of sulfone groups is 1. The van der Waals surface area contributed by atoms with Gasteiger partial charge < -0.3 is 5.32 Å². The molecule has 1 heterocycles. The molecular formula is C22H19N3O3S2. The highest BCUT2D eigenvalue weighted by Crippen LogP contribution is 2.28. The number of anilines is 1. The summed E-state index contributed by atoms with van der Waals surface area (Å²) in [6.07, 6.45) is 1.15. The van der Waals surface area contributed by atoms with Gasteiger partial charge in [0.15, 0.2) is 15.0 Å². The van der Waals surface area contributed by atoms with E-state index in [-0.39, 0.29) is 16.6 Å². The average Bonchev–Trinajstić information content (AvgIpc) is 3.11. The molecule has 0 aliphatic rings. The molecule has 0 atom stereocenters. The van der Waals surface area contributed by atoms with Gasteiger partial charge in [0.1, 0.15) is 0 Å². The summed E-state index contributed by atoms with van der Waals surface area (Å²) in [5.41, 5.74) is 3.36. The first-order valence-corrected chi connectivity index (χ1v) is 12.1. The van der Waals surface area contributed by atoms with Crippen molar-refractivity contribution in [1.82, 2.24) is 9.55 Å². The number of nitrogens with one attached hydrogen (secondary N) is 1. The van der Waals surface area contributed by atoms with Gasteiger partial charge in [0.25, 0.3) is 0 Å². The van der Waals surface area contributed by atoms with Crippen LogP contribution in [0.1, 0.15) is 0 Å². The predicted octanol–water partition coefficient (Wildman–Crippen LogP) is 4.16. The van der Waals surface area contributed by atoms with E-state index in [0.29, 0.717) is 5.69 Å². The zero-order valence-electron chi connectivity index (χ0n) is 16.1. The Morgan fingerprint density at radius 2 is 1.63 bits per heavy atom. The Balaban J connectivity index is 1.52. The van der Waals surface area contributed by atoms with Crippen LogP contribution in [0.2, 0.25) is 0 Å². The summed E-state index contributed by atoms with van der Waals surface area (Å²) in [5, 5.41) is 3.52. The minimum Gasteiger partial charge on any atom is -0.325 e. The standard InChI is InChI=1S/C22H19N3O3S2/c1-30(27,28)18-13-11-16(12-14-18)23-21(26)15-29-22-24-19-9-5-6-10-20(19)25(22)17-7-3-2-4-8-17/h2-14H,15H2,1H3,(H,23,26). The molecule has 0 aliphatic carbocycles. The lowest BCUT2D eigenvalue weighted by molar-refractivity contribution is -0.113. The first kappa shape index (κ1) is 20.2. The van der Waals surface area contributed by atoms with Gasteiger partial charge in [0.05, 0.1) is 21.7 Å². The van der Waals surface area contributed by atoms with E-state index in [2.05, 4.69) is 10.3 Å². The number of nitrogens with zero attached hydrogens (tertiary/aromatic N) is 2. The molecule has 0 saturated carbocycles. The fraction of sp³-hybridized carbons (Fsp3) is 0.0909. The van der Waals surface area contributed by atoms with Crippen LogP contribution in [0.25, 0.3) is 16.7 Å². The second-order valence-corrected chi connectivity index (χ2v) is 9.65. The molecule has 0 spiro atoms. The van der Waals surface area contributed by atoms with Crippen molar-refractivity contribution in [2.45, 2.75) is 10.1 Å². The fourth-order valence-electron chi connectivity index (χ4n) is 3.04. The summed E-state index contributed by atoms with van der Waals surface area (Å²) in [5.74, 6) is -0.0250. The number of aromatic nitrogens is 2. The number of para-hydroxylation sites is 3. The molecule has 0 unspecified atom stereocenters. The van der Waals surface area contributed by atoms with Gasteiger partial charge in [-0.3, -0.25) is 9.36 Å². The summed E-state index contributed by atoms with van der Waals surface area (Å²) in [4.78, 5) is 17.3. The molecule has 0 saturated heterocycles. The third-order valence-corrected chi connectivity index (χ3v) is 6.51. The molecule has 1 N–H and O–H groups in total. The van der Waals surface area contributed by atoms with Crippen LogP contribution in [-0.2, 0) is 14.6 Å². The van der Waals surface area contributed by atoms with Crippen LogP contribution in [0.4, 0.5) is 5.69 Å². The zero-order chi connectivity index (χ0) is 21.1. The summed E-state index contributed by atoms with van der Waals surface area (Å²) in [7, 11) is -3.27. The molecule has 4 rings (SSSR count). The predicted molar refractivity (Wildman–Crippen MR) is 120 cm³/mol. The Hall–Kier alpha value is -3.10. The van der Waals surface area contributed by atoms with Gasteiger partial charge >= 0.3 is 0 Å². The van der Waals surface area contributed by atoms with Gasteiger partial charge in [-0.05, 0) is 48.5 Å².